The monoisotopic (exact) mass is 284 g/mol. The second-order valence-electron chi connectivity index (χ2n) is 4.46. The Labute approximate surface area is 120 Å². The summed E-state index contributed by atoms with van der Waals surface area (Å²) < 4.78 is 10.8. The van der Waals surface area contributed by atoms with Gasteiger partial charge in [0.1, 0.15) is 5.76 Å². The first kappa shape index (κ1) is 13.1. The maximum atomic E-state index is 10.8. The van der Waals surface area contributed by atoms with Gasteiger partial charge in [0.2, 0.25) is 11.8 Å². The average Bonchev–Trinajstić information content (AvgIpc) is 3.17. The van der Waals surface area contributed by atoms with Gasteiger partial charge in [-0.15, -0.1) is 10.2 Å². The summed E-state index contributed by atoms with van der Waals surface area (Å²) in [6.07, 6.45) is 2.90. The molecule has 0 radical (unpaired) electrons. The quantitative estimate of drug-likeness (QED) is 0.774. The van der Waals surface area contributed by atoms with E-state index in [0.29, 0.717) is 30.2 Å². The van der Waals surface area contributed by atoms with E-state index in [9.17, 15) is 4.79 Å². The van der Waals surface area contributed by atoms with Crippen molar-refractivity contribution in [2.75, 3.05) is 0 Å². The lowest BCUT2D eigenvalue weighted by Gasteiger charge is -1.96. The van der Waals surface area contributed by atoms with Crippen LogP contribution in [0.4, 0.5) is 0 Å². The fourth-order valence-electron chi connectivity index (χ4n) is 1.91. The van der Waals surface area contributed by atoms with Gasteiger partial charge >= 0.3 is 5.97 Å². The van der Waals surface area contributed by atoms with Crippen LogP contribution in [0, 0.1) is 0 Å². The molecule has 1 aromatic carbocycles. The Balaban J connectivity index is 1.70. The summed E-state index contributed by atoms with van der Waals surface area (Å²) in [5.41, 5.74) is 0.910. The minimum absolute atomic E-state index is 0.219. The average molecular weight is 284 g/mol. The molecule has 2 aromatic heterocycles. The molecule has 6 heteroatoms. The van der Waals surface area contributed by atoms with Crippen LogP contribution in [-0.4, -0.2) is 21.3 Å². The predicted molar refractivity (Wildman–Crippen MR) is 72.8 cm³/mol. The molecule has 0 fully saturated rings. The molecule has 0 saturated carbocycles. The molecule has 0 bridgehead atoms. The van der Waals surface area contributed by atoms with E-state index in [1.165, 1.54) is 12.1 Å². The van der Waals surface area contributed by atoms with Gasteiger partial charge in [0.25, 0.3) is 0 Å². The van der Waals surface area contributed by atoms with Crippen LogP contribution in [0.1, 0.15) is 22.0 Å². The van der Waals surface area contributed by atoms with Crippen molar-refractivity contribution in [1.82, 2.24) is 10.2 Å². The Morgan fingerprint density at radius 2 is 1.90 bits per heavy atom. The molecule has 3 rings (SSSR count). The fraction of sp³-hybridized carbons (Fsp3) is 0.133. The maximum absolute atomic E-state index is 10.8. The van der Waals surface area contributed by atoms with Gasteiger partial charge in [-0.3, -0.25) is 0 Å². The number of aromatic carboxylic acids is 1. The van der Waals surface area contributed by atoms with E-state index >= 15 is 0 Å². The third kappa shape index (κ3) is 3.00. The summed E-state index contributed by atoms with van der Waals surface area (Å²) in [5, 5.41) is 16.8. The van der Waals surface area contributed by atoms with Crippen LogP contribution in [0.2, 0.25) is 0 Å². The van der Waals surface area contributed by atoms with Crippen molar-refractivity contribution < 1.29 is 18.7 Å². The number of benzene rings is 1. The van der Waals surface area contributed by atoms with E-state index in [-0.39, 0.29) is 5.56 Å². The zero-order valence-corrected chi connectivity index (χ0v) is 11.0. The molecule has 6 nitrogen and oxygen atoms in total. The molecular weight excluding hydrogens is 272 g/mol. The van der Waals surface area contributed by atoms with Gasteiger partial charge in [-0.05, 0) is 36.4 Å². The number of hydrogen-bond donors (Lipinski definition) is 1. The summed E-state index contributed by atoms with van der Waals surface area (Å²) in [6.45, 7) is 0. The molecular formula is C15H12N2O4. The standard InChI is InChI=1S/C15H12N2O4/c18-15(19)11-5-3-10(4-6-11)14-17-16-13(21-14)8-7-12-2-1-9-20-12/h1-6,9H,7-8H2,(H,18,19). The minimum Gasteiger partial charge on any atom is -0.478 e. The Bertz CT molecular complexity index is 729. The number of rotatable bonds is 5. The molecule has 0 unspecified atom stereocenters. The van der Waals surface area contributed by atoms with Gasteiger partial charge in [-0.25, -0.2) is 4.79 Å². The fourth-order valence-corrected chi connectivity index (χ4v) is 1.91. The zero-order chi connectivity index (χ0) is 14.7. The number of aryl methyl sites for hydroxylation is 2. The van der Waals surface area contributed by atoms with Crippen LogP contribution in [-0.2, 0) is 12.8 Å². The van der Waals surface area contributed by atoms with E-state index in [1.807, 2.05) is 12.1 Å². The Morgan fingerprint density at radius 3 is 2.57 bits per heavy atom. The van der Waals surface area contributed by atoms with Crippen molar-refractivity contribution in [2.45, 2.75) is 12.8 Å². The summed E-state index contributed by atoms with van der Waals surface area (Å²) in [4.78, 5) is 10.8. The first-order valence-corrected chi connectivity index (χ1v) is 6.41. The van der Waals surface area contributed by atoms with Gasteiger partial charge in [0, 0.05) is 18.4 Å². The summed E-state index contributed by atoms with van der Waals surface area (Å²) in [5.74, 6) is 0.789. The first-order chi connectivity index (χ1) is 10.2. The minimum atomic E-state index is -0.966. The molecule has 21 heavy (non-hydrogen) atoms. The summed E-state index contributed by atoms with van der Waals surface area (Å²) in [6, 6.07) is 10.0. The second kappa shape index (κ2) is 5.62. The molecule has 2 heterocycles. The number of carboxylic acid groups (broad SMARTS) is 1. The van der Waals surface area contributed by atoms with Gasteiger partial charge < -0.3 is 13.9 Å². The van der Waals surface area contributed by atoms with Gasteiger partial charge in [-0.2, -0.15) is 0 Å². The summed E-state index contributed by atoms with van der Waals surface area (Å²) in [7, 11) is 0. The molecule has 0 spiro atoms. The highest BCUT2D eigenvalue weighted by atomic mass is 16.4. The van der Waals surface area contributed by atoms with E-state index in [1.54, 1.807) is 18.4 Å². The molecule has 106 valence electrons. The maximum Gasteiger partial charge on any atom is 0.335 e. The van der Waals surface area contributed by atoms with Gasteiger partial charge in [0.05, 0.1) is 11.8 Å². The number of hydrogen-bond acceptors (Lipinski definition) is 5. The third-order valence-electron chi connectivity index (χ3n) is 3.01. The van der Waals surface area contributed by atoms with E-state index in [0.717, 1.165) is 5.76 Å². The largest absolute Gasteiger partial charge is 0.478 e. The smallest absolute Gasteiger partial charge is 0.335 e. The third-order valence-corrected chi connectivity index (χ3v) is 3.01. The SMILES string of the molecule is O=C(O)c1ccc(-c2nnc(CCc3ccco3)o2)cc1. The highest BCUT2D eigenvalue weighted by Crippen LogP contribution is 2.19. The zero-order valence-electron chi connectivity index (χ0n) is 11.0. The van der Waals surface area contributed by atoms with Crippen LogP contribution in [0.15, 0.2) is 51.5 Å². The van der Waals surface area contributed by atoms with Crippen LogP contribution in [0.5, 0.6) is 0 Å². The number of aromatic nitrogens is 2. The van der Waals surface area contributed by atoms with Gasteiger partial charge in [-0.1, -0.05) is 0 Å². The van der Waals surface area contributed by atoms with E-state index < -0.39 is 5.97 Å². The van der Waals surface area contributed by atoms with Crippen molar-refractivity contribution >= 4 is 5.97 Å². The molecule has 0 amide bonds. The van der Waals surface area contributed by atoms with Crippen molar-refractivity contribution in [3.63, 3.8) is 0 Å². The molecule has 0 atom stereocenters. The van der Waals surface area contributed by atoms with Gasteiger partial charge in [0.15, 0.2) is 0 Å². The Kier molecular flexibility index (Phi) is 3.51. The van der Waals surface area contributed by atoms with Crippen molar-refractivity contribution in [1.29, 1.82) is 0 Å². The van der Waals surface area contributed by atoms with Crippen LogP contribution in [0.3, 0.4) is 0 Å². The van der Waals surface area contributed by atoms with Crippen molar-refractivity contribution in [3.8, 4) is 11.5 Å². The Morgan fingerprint density at radius 1 is 1.10 bits per heavy atom. The molecule has 0 aliphatic rings. The van der Waals surface area contributed by atoms with Crippen LogP contribution >= 0.6 is 0 Å². The first-order valence-electron chi connectivity index (χ1n) is 6.41. The normalized spacial score (nSPS) is 10.7. The number of carboxylic acids is 1. The van der Waals surface area contributed by atoms with E-state index in [4.69, 9.17) is 13.9 Å². The summed E-state index contributed by atoms with van der Waals surface area (Å²) >= 11 is 0. The molecule has 3 aromatic rings. The van der Waals surface area contributed by atoms with Crippen LogP contribution in [0.25, 0.3) is 11.5 Å². The number of furan rings is 1. The van der Waals surface area contributed by atoms with Crippen molar-refractivity contribution in [2.24, 2.45) is 0 Å². The second-order valence-corrected chi connectivity index (χ2v) is 4.46. The molecule has 0 saturated heterocycles. The lowest BCUT2D eigenvalue weighted by Crippen LogP contribution is -1.94. The molecule has 1 N–H and O–H groups in total. The van der Waals surface area contributed by atoms with Crippen LogP contribution < -0.4 is 0 Å². The molecule has 0 aliphatic heterocycles. The lowest BCUT2D eigenvalue weighted by atomic mass is 10.1. The topological polar surface area (TPSA) is 89.4 Å². The highest BCUT2D eigenvalue weighted by molar-refractivity contribution is 5.88. The number of nitrogens with zero attached hydrogens (tertiary/aromatic N) is 2. The predicted octanol–water partition coefficient (Wildman–Crippen LogP) is 2.81. The highest BCUT2D eigenvalue weighted by Gasteiger charge is 2.10. The number of carbonyl (C=O) groups is 1. The Hall–Kier alpha value is -2.89. The van der Waals surface area contributed by atoms with E-state index in [2.05, 4.69) is 10.2 Å². The lowest BCUT2D eigenvalue weighted by molar-refractivity contribution is 0.0697. The molecule has 0 aliphatic carbocycles. The van der Waals surface area contributed by atoms with Crippen molar-refractivity contribution in [3.05, 3.63) is 59.9 Å².